The van der Waals surface area contributed by atoms with Gasteiger partial charge >= 0.3 is 0 Å². The van der Waals surface area contributed by atoms with E-state index < -0.39 is 5.54 Å². The average molecular weight is 166 g/mol. The summed E-state index contributed by atoms with van der Waals surface area (Å²) in [6.45, 7) is 3.67. The van der Waals surface area contributed by atoms with Gasteiger partial charge in [-0.05, 0) is 31.0 Å². The highest BCUT2D eigenvalue weighted by atomic mass is 16.3. The summed E-state index contributed by atoms with van der Waals surface area (Å²) in [5, 5.41) is 9.02. The molecule has 0 spiro atoms. The van der Waals surface area contributed by atoms with Crippen molar-refractivity contribution in [1.29, 1.82) is 0 Å². The van der Waals surface area contributed by atoms with Crippen LogP contribution in [0, 0.1) is 6.92 Å². The predicted molar refractivity (Wildman–Crippen MR) is 47.6 cm³/mol. The van der Waals surface area contributed by atoms with E-state index in [0.717, 1.165) is 11.1 Å². The molecule has 66 valence electrons. The highest BCUT2D eigenvalue weighted by Gasteiger charge is 2.21. The lowest BCUT2D eigenvalue weighted by Gasteiger charge is -2.23. The zero-order chi connectivity index (χ0) is 9.19. The number of rotatable bonds is 2. The fourth-order valence-corrected chi connectivity index (χ4v) is 1.15. The molecule has 3 nitrogen and oxygen atoms in total. The van der Waals surface area contributed by atoms with Crippen LogP contribution in [0.4, 0.5) is 0 Å². The van der Waals surface area contributed by atoms with Crippen molar-refractivity contribution in [3.8, 4) is 0 Å². The third-order valence-electron chi connectivity index (χ3n) is 1.98. The Kier molecular flexibility index (Phi) is 2.45. The molecule has 1 heterocycles. The Morgan fingerprint density at radius 2 is 2.33 bits per heavy atom. The zero-order valence-electron chi connectivity index (χ0n) is 7.41. The second kappa shape index (κ2) is 3.21. The maximum atomic E-state index is 9.02. The molecule has 0 amide bonds. The molecule has 0 aliphatic carbocycles. The molecule has 12 heavy (non-hydrogen) atoms. The summed E-state index contributed by atoms with van der Waals surface area (Å²) in [6, 6.07) is 1.89. The molecule has 3 N–H and O–H groups in total. The van der Waals surface area contributed by atoms with E-state index in [1.807, 2.05) is 13.0 Å². The van der Waals surface area contributed by atoms with Gasteiger partial charge in [-0.25, -0.2) is 0 Å². The largest absolute Gasteiger partial charge is 0.394 e. The molecule has 1 aromatic rings. The van der Waals surface area contributed by atoms with Gasteiger partial charge in [-0.2, -0.15) is 0 Å². The molecule has 0 aliphatic heterocycles. The number of nitrogens with zero attached hydrogens (tertiary/aromatic N) is 1. The van der Waals surface area contributed by atoms with E-state index in [2.05, 4.69) is 4.98 Å². The Bertz CT molecular complexity index is 271. The van der Waals surface area contributed by atoms with Crippen molar-refractivity contribution in [1.82, 2.24) is 4.98 Å². The van der Waals surface area contributed by atoms with Gasteiger partial charge in [0.1, 0.15) is 0 Å². The molecular formula is C9H14N2O. The zero-order valence-corrected chi connectivity index (χ0v) is 7.41. The van der Waals surface area contributed by atoms with Gasteiger partial charge in [-0.3, -0.25) is 4.98 Å². The summed E-state index contributed by atoms with van der Waals surface area (Å²) in [7, 11) is 0. The molecular weight excluding hydrogens is 152 g/mol. The minimum absolute atomic E-state index is 0.0699. The number of aryl methyl sites for hydroxylation is 1. The summed E-state index contributed by atoms with van der Waals surface area (Å²) in [6.07, 6.45) is 3.41. The molecule has 0 aromatic carbocycles. The van der Waals surface area contributed by atoms with Crippen molar-refractivity contribution in [3.63, 3.8) is 0 Å². The Morgan fingerprint density at radius 1 is 1.67 bits per heavy atom. The maximum absolute atomic E-state index is 9.02. The van der Waals surface area contributed by atoms with Crippen LogP contribution in [0.25, 0.3) is 0 Å². The summed E-state index contributed by atoms with van der Waals surface area (Å²) in [5.41, 5.74) is 7.12. The standard InChI is InChI=1S/C9H14N2O/c1-7-3-4-11-5-8(7)9(2,10)6-12/h3-5,12H,6,10H2,1-2H3. The summed E-state index contributed by atoms with van der Waals surface area (Å²) < 4.78 is 0. The molecule has 0 fully saturated rings. The van der Waals surface area contributed by atoms with Crippen molar-refractivity contribution in [2.75, 3.05) is 6.61 Å². The fourth-order valence-electron chi connectivity index (χ4n) is 1.15. The average Bonchev–Trinajstić information content (AvgIpc) is 2.05. The molecule has 0 bridgehead atoms. The summed E-state index contributed by atoms with van der Waals surface area (Å²) in [4.78, 5) is 3.97. The number of aliphatic hydroxyl groups excluding tert-OH is 1. The van der Waals surface area contributed by atoms with Crippen molar-refractivity contribution < 1.29 is 5.11 Å². The van der Waals surface area contributed by atoms with Gasteiger partial charge in [0.25, 0.3) is 0 Å². The van der Waals surface area contributed by atoms with Gasteiger partial charge < -0.3 is 10.8 Å². The monoisotopic (exact) mass is 166 g/mol. The van der Waals surface area contributed by atoms with Gasteiger partial charge in [-0.15, -0.1) is 0 Å². The molecule has 0 saturated carbocycles. The first-order chi connectivity index (χ1) is 5.58. The summed E-state index contributed by atoms with van der Waals surface area (Å²) >= 11 is 0. The number of pyridine rings is 1. The molecule has 1 aromatic heterocycles. The van der Waals surface area contributed by atoms with E-state index >= 15 is 0 Å². The molecule has 0 aliphatic rings. The normalized spacial score (nSPS) is 15.7. The second-order valence-corrected chi connectivity index (χ2v) is 3.27. The molecule has 1 unspecified atom stereocenters. The van der Waals surface area contributed by atoms with E-state index in [1.165, 1.54) is 0 Å². The fraction of sp³-hybridized carbons (Fsp3) is 0.444. The number of aromatic nitrogens is 1. The maximum Gasteiger partial charge on any atom is 0.0651 e. The lowest BCUT2D eigenvalue weighted by atomic mass is 9.92. The van der Waals surface area contributed by atoms with Crippen LogP contribution in [0.2, 0.25) is 0 Å². The number of aliphatic hydroxyl groups is 1. The third kappa shape index (κ3) is 1.62. The molecule has 0 radical (unpaired) electrons. The van der Waals surface area contributed by atoms with Gasteiger partial charge in [0, 0.05) is 12.4 Å². The van der Waals surface area contributed by atoms with Crippen LogP contribution in [0.15, 0.2) is 18.5 Å². The van der Waals surface area contributed by atoms with E-state index in [1.54, 1.807) is 19.3 Å². The highest BCUT2D eigenvalue weighted by Crippen LogP contribution is 2.19. The number of nitrogens with two attached hydrogens (primary N) is 1. The second-order valence-electron chi connectivity index (χ2n) is 3.27. The Balaban J connectivity index is 3.10. The lowest BCUT2D eigenvalue weighted by Crippen LogP contribution is -2.37. The van der Waals surface area contributed by atoms with Crippen LogP contribution in [0.5, 0.6) is 0 Å². The van der Waals surface area contributed by atoms with Crippen LogP contribution in [-0.4, -0.2) is 16.7 Å². The quantitative estimate of drug-likeness (QED) is 0.674. The lowest BCUT2D eigenvalue weighted by molar-refractivity contribution is 0.209. The van der Waals surface area contributed by atoms with Crippen LogP contribution in [0.3, 0.4) is 0 Å². The molecule has 3 heteroatoms. The van der Waals surface area contributed by atoms with Crippen LogP contribution >= 0.6 is 0 Å². The van der Waals surface area contributed by atoms with Gasteiger partial charge in [0.2, 0.25) is 0 Å². The number of hydrogen-bond acceptors (Lipinski definition) is 3. The minimum atomic E-state index is -0.682. The van der Waals surface area contributed by atoms with Crippen LogP contribution in [-0.2, 0) is 5.54 Å². The van der Waals surface area contributed by atoms with Crippen LogP contribution < -0.4 is 5.73 Å². The topological polar surface area (TPSA) is 59.1 Å². The van der Waals surface area contributed by atoms with Gasteiger partial charge in [-0.1, -0.05) is 0 Å². The Hall–Kier alpha value is -0.930. The molecule has 0 saturated heterocycles. The summed E-state index contributed by atoms with van der Waals surface area (Å²) in [5.74, 6) is 0. The van der Waals surface area contributed by atoms with Crippen molar-refractivity contribution in [2.24, 2.45) is 5.73 Å². The first-order valence-electron chi connectivity index (χ1n) is 3.89. The first kappa shape index (κ1) is 9.16. The molecule has 1 rings (SSSR count). The number of hydrogen-bond donors (Lipinski definition) is 2. The smallest absolute Gasteiger partial charge is 0.0651 e. The van der Waals surface area contributed by atoms with Crippen molar-refractivity contribution >= 4 is 0 Å². The van der Waals surface area contributed by atoms with E-state index in [4.69, 9.17) is 10.8 Å². The van der Waals surface area contributed by atoms with E-state index in [9.17, 15) is 0 Å². The first-order valence-corrected chi connectivity index (χ1v) is 3.89. The van der Waals surface area contributed by atoms with Gasteiger partial charge in [0.15, 0.2) is 0 Å². The van der Waals surface area contributed by atoms with Crippen molar-refractivity contribution in [3.05, 3.63) is 29.6 Å². The predicted octanol–water partition coefficient (Wildman–Crippen LogP) is 0.556. The third-order valence-corrected chi connectivity index (χ3v) is 1.98. The SMILES string of the molecule is Cc1ccncc1C(C)(N)CO. The highest BCUT2D eigenvalue weighted by molar-refractivity contribution is 5.28. The molecule has 1 atom stereocenters. The Labute approximate surface area is 72.2 Å². The minimum Gasteiger partial charge on any atom is -0.394 e. The van der Waals surface area contributed by atoms with Gasteiger partial charge in [0.05, 0.1) is 12.1 Å². The van der Waals surface area contributed by atoms with Crippen LogP contribution in [0.1, 0.15) is 18.1 Å². The Morgan fingerprint density at radius 3 is 2.83 bits per heavy atom. The van der Waals surface area contributed by atoms with E-state index in [0.29, 0.717) is 0 Å². The van der Waals surface area contributed by atoms with Crippen molar-refractivity contribution in [2.45, 2.75) is 19.4 Å². The van der Waals surface area contributed by atoms with E-state index in [-0.39, 0.29) is 6.61 Å².